The SMILES string of the molecule is COCCN1CC(C(=O)N(C)Cc2nc(-c3ccccn3)no2)CCC1=O. The summed E-state index contributed by atoms with van der Waals surface area (Å²) in [7, 11) is 3.29. The molecular formula is C18H23N5O4. The van der Waals surface area contributed by atoms with E-state index >= 15 is 0 Å². The number of piperidine rings is 1. The summed E-state index contributed by atoms with van der Waals surface area (Å²) in [5, 5.41) is 3.91. The minimum Gasteiger partial charge on any atom is -0.383 e. The fourth-order valence-corrected chi connectivity index (χ4v) is 3.04. The quantitative estimate of drug-likeness (QED) is 0.713. The van der Waals surface area contributed by atoms with Crippen molar-refractivity contribution in [2.75, 3.05) is 33.9 Å². The Hall–Kier alpha value is -2.81. The molecule has 1 aliphatic heterocycles. The molecule has 0 aromatic carbocycles. The van der Waals surface area contributed by atoms with Gasteiger partial charge in [0.05, 0.1) is 19.1 Å². The average Bonchev–Trinajstić information content (AvgIpc) is 3.16. The molecule has 2 aromatic rings. The summed E-state index contributed by atoms with van der Waals surface area (Å²) in [6.45, 7) is 1.58. The summed E-state index contributed by atoms with van der Waals surface area (Å²) < 4.78 is 10.3. The number of amides is 2. The minimum absolute atomic E-state index is 0.0393. The molecule has 1 aliphatic rings. The maximum atomic E-state index is 12.8. The fourth-order valence-electron chi connectivity index (χ4n) is 3.04. The Morgan fingerprint density at radius 3 is 3.04 bits per heavy atom. The van der Waals surface area contributed by atoms with Gasteiger partial charge in [-0.1, -0.05) is 11.2 Å². The first-order valence-electron chi connectivity index (χ1n) is 8.84. The molecule has 27 heavy (non-hydrogen) atoms. The Labute approximate surface area is 157 Å². The lowest BCUT2D eigenvalue weighted by Crippen LogP contribution is -2.47. The zero-order valence-corrected chi connectivity index (χ0v) is 15.5. The number of rotatable bonds is 7. The number of carbonyl (C=O) groups is 2. The van der Waals surface area contributed by atoms with Crippen LogP contribution in [0, 0.1) is 5.92 Å². The molecule has 1 saturated heterocycles. The number of carbonyl (C=O) groups excluding carboxylic acids is 2. The second-order valence-corrected chi connectivity index (χ2v) is 6.49. The maximum Gasteiger partial charge on any atom is 0.246 e. The molecular weight excluding hydrogens is 350 g/mol. The lowest BCUT2D eigenvalue weighted by molar-refractivity contribution is -0.143. The predicted octanol–water partition coefficient (Wildman–Crippen LogP) is 0.975. The molecule has 1 unspecified atom stereocenters. The third-order valence-electron chi connectivity index (χ3n) is 4.53. The van der Waals surface area contributed by atoms with E-state index in [2.05, 4.69) is 15.1 Å². The number of hydrogen-bond acceptors (Lipinski definition) is 7. The predicted molar refractivity (Wildman–Crippen MR) is 95.2 cm³/mol. The molecule has 9 nitrogen and oxygen atoms in total. The average molecular weight is 373 g/mol. The van der Waals surface area contributed by atoms with Crippen LogP contribution in [0.1, 0.15) is 18.7 Å². The van der Waals surface area contributed by atoms with Gasteiger partial charge in [-0.05, 0) is 18.6 Å². The van der Waals surface area contributed by atoms with E-state index in [-0.39, 0.29) is 24.3 Å². The smallest absolute Gasteiger partial charge is 0.246 e. The van der Waals surface area contributed by atoms with E-state index in [4.69, 9.17) is 9.26 Å². The van der Waals surface area contributed by atoms with E-state index in [1.54, 1.807) is 36.2 Å². The number of likely N-dealkylation sites (tertiary alicyclic amines) is 1. The molecule has 144 valence electrons. The van der Waals surface area contributed by atoms with Crippen molar-refractivity contribution in [3.8, 4) is 11.5 Å². The first-order valence-corrected chi connectivity index (χ1v) is 8.84. The molecule has 1 fully saturated rings. The Balaban J connectivity index is 1.59. The van der Waals surface area contributed by atoms with Gasteiger partial charge in [-0.2, -0.15) is 4.98 Å². The minimum atomic E-state index is -0.234. The van der Waals surface area contributed by atoms with E-state index in [0.717, 1.165) is 0 Å². The number of methoxy groups -OCH3 is 1. The Kier molecular flexibility index (Phi) is 6.12. The van der Waals surface area contributed by atoms with Crippen molar-refractivity contribution < 1.29 is 18.8 Å². The summed E-state index contributed by atoms with van der Waals surface area (Å²) in [4.78, 5) is 36.5. The number of aromatic nitrogens is 3. The first-order chi connectivity index (χ1) is 13.1. The van der Waals surface area contributed by atoms with Crippen LogP contribution in [0.15, 0.2) is 28.9 Å². The van der Waals surface area contributed by atoms with Crippen LogP contribution in [0.5, 0.6) is 0 Å². The fraction of sp³-hybridized carbons (Fsp3) is 0.500. The standard InChI is InChI=1S/C18H23N5O4/c1-22(12-15-20-17(21-27-15)14-5-3-4-8-19-14)18(25)13-6-7-16(24)23(11-13)9-10-26-2/h3-5,8,13H,6-7,9-12H2,1-2H3. The molecule has 1 atom stereocenters. The maximum absolute atomic E-state index is 12.8. The molecule has 0 saturated carbocycles. The molecule has 2 aromatic heterocycles. The van der Waals surface area contributed by atoms with Crippen LogP contribution >= 0.6 is 0 Å². The highest BCUT2D eigenvalue weighted by atomic mass is 16.5. The van der Waals surface area contributed by atoms with Gasteiger partial charge < -0.3 is 19.1 Å². The Bertz CT molecular complexity index is 779. The summed E-state index contributed by atoms with van der Waals surface area (Å²) >= 11 is 0. The number of hydrogen-bond donors (Lipinski definition) is 0. The molecule has 0 spiro atoms. The van der Waals surface area contributed by atoms with E-state index in [1.165, 1.54) is 0 Å². The van der Waals surface area contributed by atoms with Gasteiger partial charge >= 0.3 is 0 Å². The van der Waals surface area contributed by atoms with Gasteiger partial charge in [-0.25, -0.2) is 0 Å². The van der Waals surface area contributed by atoms with Crippen LogP contribution in [-0.4, -0.2) is 70.6 Å². The van der Waals surface area contributed by atoms with Gasteiger partial charge in [-0.3, -0.25) is 14.6 Å². The molecule has 0 aliphatic carbocycles. The second-order valence-electron chi connectivity index (χ2n) is 6.49. The van der Waals surface area contributed by atoms with E-state index in [9.17, 15) is 9.59 Å². The number of nitrogens with zero attached hydrogens (tertiary/aromatic N) is 5. The normalized spacial score (nSPS) is 17.2. The third-order valence-corrected chi connectivity index (χ3v) is 4.53. The molecule has 0 bridgehead atoms. The van der Waals surface area contributed by atoms with Gasteiger partial charge in [0.25, 0.3) is 0 Å². The Morgan fingerprint density at radius 1 is 1.44 bits per heavy atom. The van der Waals surface area contributed by atoms with Gasteiger partial charge in [0.2, 0.25) is 23.5 Å². The van der Waals surface area contributed by atoms with Crippen molar-refractivity contribution in [2.24, 2.45) is 5.92 Å². The van der Waals surface area contributed by atoms with Crippen LogP contribution < -0.4 is 0 Å². The van der Waals surface area contributed by atoms with Gasteiger partial charge in [0.15, 0.2) is 0 Å². The van der Waals surface area contributed by atoms with Crippen molar-refractivity contribution in [3.63, 3.8) is 0 Å². The Morgan fingerprint density at radius 2 is 2.30 bits per heavy atom. The van der Waals surface area contributed by atoms with Crippen molar-refractivity contribution in [2.45, 2.75) is 19.4 Å². The summed E-state index contributed by atoms with van der Waals surface area (Å²) in [6, 6.07) is 5.44. The van der Waals surface area contributed by atoms with Gasteiger partial charge in [0, 0.05) is 39.9 Å². The van der Waals surface area contributed by atoms with Crippen molar-refractivity contribution in [1.82, 2.24) is 24.9 Å². The van der Waals surface area contributed by atoms with Crippen molar-refractivity contribution in [3.05, 3.63) is 30.3 Å². The lowest BCUT2D eigenvalue weighted by atomic mass is 9.96. The molecule has 0 radical (unpaired) electrons. The highest BCUT2D eigenvalue weighted by molar-refractivity contribution is 5.83. The molecule has 2 amide bonds. The summed E-state index contributed by atoms with van der Waals surface area (Å²) in [5.74, 6) is 0.524. The molecule has 3 heterocycles. The van der Waals surface area contributed by atoms with Crippen LogP contribution in [0.4, 0.5) is 0 Å². The number of ether oxygens (including phenoxy) is 1. The van der Waals surface area contributed by atoms with E-state index in [1.807, 2.05) is 12.1 Å². The number of pyridine rings is 1. The largest absolute Gasteiger partial charge is 0.383 e. The monoisotopic (exact) mass is 373 g/mol. The van der Waals surface area contributed by atoms with Gasteiger partial charge in [0.1, 0.15) is 5.69 Å². The van der Waals surface area contributed by atoms with Gasteiger partial charge in [-0.15, -0.1) is 0 Å². The summed E-state index contributed by atoms with van der Waals surface area (Å²) in [5.41, 5.74) is 0.612. The van der Waals surface area contributed by atoms with Crippen molar-refractivity contribution in [1.29, 1.82) is 0 Å². The topological polar surface area (TPSA) is 102 Å². The van der Waals surface area contributed by atoms with Crippen molar-refractivity contribution >= 4 is 11.8 Å². The zero-order valence-electron chi connectivity index (χ0n) is 15.5. The lowest BCUT2D eigenvalue weighted by Gasteiger charge is -2.33. The highest BCUT2D eigenvalue weighted by Gasteiger charge is 2.32. The molecule has 3 rings (SSSR count). The molecule has 9 heteroatoms. The highest BCUT2D eigenvalue weighted by Crippen LogP contribution is 2.20. The van der Waals surface area contributed by atoms with Crippen LogP contribution in [-0.2, 0) is 20.9 Å². The first kappa shape index (κ1) is 19.0. The summed E-state index contributed by atoms with van der Waals surface area (Å²) in [6.07, 6.45) is 2.58. The second kappa shape index (κ2) is 8.72. The third kappa shape index (κ3) is 4.68. The molecule has 0 N–H and O–H groups in total. The van der Waals surface area contributed by atoms with E-state index in [0.29, 0.717) is 49.9 Å². The zero-order chi connectivity index (χ0) is 19.2. The van der Waals surface area contributed by atoms with Crippen LogP contribution in [0.25, 0.3) is 11.5 Å². The van der Waals surface area contributed by atoms with E-state index < -0.39 is 0 Å². The van der Waals surface area contributed by atoms with Crippen LogP contribution in [0.2, 0.25) is 0 Å². The van der Waals surface area contributed by atoms with Crippen LogP contribution in [0.3, 0.4) is 0 Å².